The molecule has 8 heteroatoms. The number of nitrogens with one attached hydrogen (secondary N) is 1. The molecule has 0 aliphatic rings. The minimum absolute atomic E-state index is 0.288. The van der Waals surface area contributed by atoms with Crippen molar-refractivity contribution in [1.82, 2.24) is 9.78 Å². The maximum absolute atomic E-state index is 13.4. The zero-order chi connectivity index (χ0) is 23.4. The van der Waals surface area contributed by atoms with Crippen LogP contribution in [0.5, 0.6) is 0 Å². The summed E-state index contributed by atoms with van der Waals surface area (Å²) < 4.78 is 53.0. The summed E-state index contributed by atoms with van der Waals surface area (Å²) in [5, 5.41) is 7.30. The number of aromatic nitrogens is 2. The monoisotopic (exact) mass is 451 g/mol. The van der Waals surface area contributed by atoms with Gasteiger partial charge in [-0.05, 0) is 60.7 Å². The highest BCUT2D eigenvalue weighted by atomic mass is 19.4. The number of ketones is 1. The van der Waals surface area contributed by atoms with E-state index in [-0.39, 0.29) is 11.3 Å². The van der Waals surface area contributed by atoms with Crippen LogP contribution in [0.15, 0.2) is 97.3 Å². The van der Waals surface area contributed by atoms with Gasteiger partial charge in [0.25, 0.3) is 0 Å². The van der Waals surface area contributed by atoms with Crippen molar-refractivity contribution in [3.63, 3.8) is 0 Å². The number of hydrogen-bond donors (Lipinski definition) is 1. The summed E-state index contributed by atoms with van der Waals surface area (Å²) in [6, 6.07) is 19.3. The third-order valence-electron chi connectivity index (χ3n) is 4.82. The smallest absolute Gasteiger partial charge is 0.362 e. The highest BCUT2D eigenvalue weighted by molar-refractivity contribution is 6.08. The largest absolute Gasteiger partial charge is 0.416 e. The van der Waals surface area contributed by atoms with Crippen molar-refractivity contribution in [3.05, 3.63) is 114 Å². The third kappa shape index (κ3) is 5.17. The molecule has 0 aliphatic heterocycles. The predicted molar refractivity (Wildman–Crippen MR) is 117 cm³/mol. The van der Waals surface area contributed by atoms with Gasteiger partial charge in [0.2, 0.25) is 0 Å². The van der Waals surface area contributed by atoms with Gasteiger partial charge >= 0.3 is 6.18 Å². The molecule has 0 saturated carbocycles. The lowest BCUT2D eigenvalue weighted by atomic mass is 10.1. The summed E-state index contributed by atoms with van der Waals surface area (Å²) in [5.74, 6) is -0.786. The number of alkyl halides is 3. The first-order chi connectivity index (χ1) is 15.8. The average Bonchev–Trinajstić information content (AvgIpc) is 3.25. The maximum Gasteiger partial charge on any atom is 0.416 e. The summed E-state index contributed by atoms with van der Waals surface area (Å²) in [7, 11) is 0. The Balaban J connectivity index is 1.59. The van der Waals surface area contributed by atoms with Gasteiger partial charge in [-0.1, -0.05) is 18.2 Å². The molecule has 3 aromatic carbocycles. The van der Waals surface area contributed by atoms with Gasteiger partial charge < -0.3 is 5.32 Å². The van der Waals surface area contributed by atoms with E-state index in [2.05, 4.69) is 10.4 Å². The van der Waals surface area contributed by atoms with E-state index in [1.54, 1.807) is 10.9 Å². The molecule has 0 saturated heterocycles. The van der Waals surface area contributed by atoms with Crippen LogP contribution in [0.1, 0.15) is 15.9 Å². The quantitative estimate of drug-likeness (QED) is 0.207. The summed E-state index contributed by atoms with van der Waals surface area (Å²) in [4.78, 5) is 12.9. The first-order valence-electron chi connectivity index (χ1n) is 9.87. The molecule has 0 radical (unpaired) electrons. The van der Waals surface area contributed by atoms with E-state index in [9.17, 15) is 22.4 Å². The Morgan fingerprint density at radius 2 is 1.58 bits per heavy atom. The standard InChI is InChI=1S/C25H17F4N3O/c26-19-10-6-17(7-11-19)24-22(16-32(31-24)21-4-2-1-3-5-21)23(33)14-15-30-20-12-8-18(9-13-20)25(27,28)29/h1-16,30H/b15-14-. The lowest BCUT2D eigenvalue weighted by molar-refractivity contribution is -0.137. The molecule has 4 aromatic rings. The Bertz CT molecular complexity index is 1280. The Labute approximate surface area is 186 Å². The fourth-order valence-corrected chi connectivity index (χ4v) is 3.15. The molecule has 4 rings (SSSR count). The highest BCUT2D eigenvalue weighted by Gasteiger charge is 2.29. The van der Waals surface area contributed by atoms with Crippen molar-refractivity contribution < 1.29 is 22.4 Å². The van der Waals surface area contributed by atoms with Crippen molar-refractivity contribution >= 4 is 11.5 Å². The topological polar surface area (TPSA) is 46.9 Å². The molecular weight excluding hydrogens is 434 g/mol. The van der Waals surface area contributed by atoms with E-state index >= 15 is 0 Å². The van der Waals surface area contributed by atoms with Gasteiger partial charge in [-0.15, -0.1) is 0 Å². The highest BCUT2D eigenvalue weighted by Crippen LogP contribution is 2.30. The molecule has 0 amide bonds. The Morgan fingerprint density at radius 1 is 0.909 bits per heavy atom. The van der Waals surface area contributed by atoms with Crippen LogP contribution in [0.25, 0.3) is 16.9 Å². The molecular formula is C25H17F4N3O. The van der Waals surface area contributed by atoms with Gasteiger partial charge in [-0.3, -0.25) is 4.79 Å². The van der Waals surface area contributed by atoms with Crippen LogP contribution in [0.3, 0.4) is 0 Å². The van der Waals surface area contributed by atoms with E-state index in [0.29, 0.717) is 16.9 Å². The second kappa shape index (κ2) is 9.12. The number of nitrogens with zero attached hydrogens (tertiary/aromatic N) is 2. The molecule has 4 nitrogen and oxygen atoms in total. The maximum atomic E-state index is 13.4. The van der Waals surface area contributed by atoms with Crippen molar-refractivity contribution in [2.45, 2.75) is 6.18 Å². The predicted octanol–water partition coefficient (Wildman–Crippen LogP) is 6.51. The first kappa shape index (κ1) is 22.0. The van der Waals surface area contributed by atoms with E-state index in [1.165, 1.54) is 48.7 Å². The first-order valence-corrected chi connectivity index (χ1v) is 9.87. The van der Waals surface area contributed by atoms with Crippen LogP contribution in [-0.2, 0) is 6.18 Å². The number of allylic oxidation sites excluding steroid dienone is 1. The normalized spacial score (nSPS) is 11.6. The summed E-state index contributed by atoms with van der Waals surface area (Å²) in [6.45, 7) is 0. The minimum Gasteiger partial charge on any atom is -0.362 e. The summed E-state index contributed by atoms with van der Waals surface area (Å²) >= 11 is 0. The number of para-hydroxylation sites is 1. The Kier molecular flexibility index (Phi) is 6.08. The van der Waals surface area contributed by atoms with Crippen LogP contribution < -0.4 is 5.32 Å². The second-order valence-electron chi connectivity index (χ2n) is 7.10. The van der Waals surface area contributed by atoms with Crippen molar-refractivity contribution in [1.29, 1.82) is 0 Å². The Morgan fingerprint density at radius 3 is 2.21 bits per heavy atom. The zero-order valence-corrected chi connectivity index (χ0v) is 17.1. The summed E-state index contributed by atoms with van der Waals surface area (Å²) in [6.07, 6.45) is -0.227. The van der Waals surface area contributed by atoms with Gasteiger partial charge in [-0.2, -0.15) is 18.3 Å². The molecule has 0 unspecified atom stereocenters. The minimum atomic E-state index is -4.42. The van der Waals surface area contributed by atoms with E-state index in [4.69, 9.17) is 0 Å². The van der Waals surface area contributed by atoms with Gasteiger partial charge in [0.15, 0.2) is 5.78 Å². The molecule has 0 atom stereocenters. The number of carbonyl (C=O) groups is 1. The third-order valence-corrected chi connectivity index (χ3v) is 4.82. The number of halogens is 4. The molecule has 0 aliphatic carbocycles. The number of benzene rings is 3. The van der Waals surface area contributed by atoms with Crippen LogP contribution >= 0.6 is 0 Å². The van der Waals surface area contributed by atoms with Gasteiger partial charge in [0.1, 0.15) is 11.5 Å². The van der Waals surface area contributed by atoms with Crippen molar-refractivity contribution in [3.8, 4) is 16.9 Å². The molecule has 166 valence electrons. The van der Waals surface area contributed by atoms with Crippen LogP contribution in [0.4, 0.5) is 23.2 Å². The SMILES string of the molecule is O=C(/C=C\Nc1ccc(C(F)(F)F)cc1)c1cn(-c2ccccc2)nc1-c1ccc(F)cc1. The number of carbonyl (C=O) groups excluding carboxylic acids is 1. The second-order valence-corrected chi connectivity index (χ2v) is 7.10. The van der Waals surface area contributed by atoms with Crippen molar-refractivity contribution in [2.24, 2.45) is 0 Å². The Hall–Kier alpha value is -4.20. The van der Waals surface area contributed by atoms with Gasteiger partial charge in [-0.25, -0.2) is 9.07 Å². The number of anilines is 1. The van der Waals surface area contributed by atoms with Gasteiger partial charge in [0.05, 0.1) is 16.8 Å². The fourth-order valence-electron chi connectivity index (χ4n) is 3.15. The van der Waals surface area contributed by atoms with Gasteiger partial charge in [0, 0.05) is 29.7 Å². The lowest BCUT2D eigenvalue weighted by Gasteiger charge is -2.07. The molecule has 0 bridgehead atoms. The van der Waals surface area contributed by atoms with Crippen LogP contribution in [0, 0.1) is 5.82 Å². The zero-order valence-electron chi connectivity index (χ0n) is 17.1. The molecule has 1 N–H and O–H groups in total. The number of hydrogen-bond acceptors (Lipinski definition) is 3. The van der Waals surface area contributed by atoms with E-state index in [0.717, 1.165) is 17.8 Å². The van der Waals surface area contributed by atoms with E-state index < -0.39 is 17.6 Å². The average molecular weight is 451 g/mol. The fraction of sp³-hybridized carbons (Fsp3) is 0.0400. The molecule has 1 aromatic heterocycles. The lowest BCUT2D eigenvalue weighted by Crippen LogP contribution is -2.04. The van der Waals surface area contributed by atoms with Crippen LogP contribution in [-0.4, -0.2) is 15.6 Å². The molecule has 0 spiro atoms. The van der Waals surface area contributed by atoms with E-state index in [1.807, 2.05) is 30.3 Å². The molecule has 33 heavy (non-hydrogen) atoms. The molecule has 1 heterocycles. The van der Waals surface area contributed by atoms with Crippen molar-refractivity contribution in [2.75, 3.05) is 5.32 Å². The number of rotatable bonds is 6. The molecule has 0 fully saturated rings. The van der Waals surface area contributed by atoms with Crippen LogP contribution in [0.2, 0.25) is 0 Å². The summed E-state index contributed by atoms with van der Waals surface area (Å²) in [5.41, 5.74) is 1.61.